The summed E-state index contributed by atoms with van der Waals surface area (Å²) >= 11 is 0. The number of hydrogen-bond acceptors (Lipinski definition) is 17. The largest absolute Gasteiger partial charge is 0.370 e. The van der Waals surface area contributed by atoms with Crippen molar-refractivity contribution in [3.05, 3.63) is 0 Å². The molecule has 85 heavy (non-hydrogen) atoms. The molecule has 0 saturated carbocycles. The van der Waals surface area contributed by atoms with Crippen molar-refractivity contribution in [1.82, 2.24) is 54.0 Å². The lowest BCUT2D eigenvalue weighted by molar-refractivity contribution is -0.131. The summed E-state index contributed by atoms with van der Waals surface area (Å²) in [5.41, 5.74) is 18.6. The van der Waals surface area contributed by atoms with Gasteiger partial charge in [-0.3, -0.25) is 33.6 Å². The second-order valence-corrected chi connectivity index (χ2v) is 21.9. The van der Waals surface area contributed by atoms with Crippen LogP contribution in [0, 0.1) is 17.8 Å². The molecule has 26 nitrogen and oxygen atoms in total. The van der Waals surface area contributed by atoms with Crippen molar-refractivity contribution in [2.45, 2.75) is 233 Å². The van der Waals surface area contributed by atoms with Gasteiger partial charge >= 0.3 is 0 Å². The number of aliphatic imine (C=N–C) groups is 1. The first-order valence-corrected chi connectivity index (χ1v) is 31.8. The Hall–Kier alpha value is -6.15. The highest BCUT2D eigenvalue weighted by atomic mass is 16.7. The van der Waals surface area contributed by atoms with Crippen LogP contribution in [0.15, 0.2) is 20.3 Å². The SMILES string of the molecule is CCCCCCCCCC(C)/C=N/NOCC(=O)NCCNC(=O)CC[C@H](N=C(N)N)C(=O)N[C@@H](CCC(=O)NCCNC(=O)CON/N=C/C(C)CCCCCCCCC)C(=O)NCCNC(=O)CON/N=C/C(C)CCCCCCCCC. The number of nitrogens with one attached hydrogen (secondary N) is 10. The topological polar surface area (TPSA) is 369 Å². The van der Waals surface area contributed by atoms with Gasteiger partial charge in [-0.05, 0) is 49.9 Å². The number of amides is 7. The minimum Gasteiger partial charge on any atom is -0.370 e. The Morgan fingerprint density at radius 1 is 0.388 bits per heavy atom. The molecule has 0 aliphatic carbocycles. The molecule has 0 spiro atoms. The molecule has 490 valence electrons. The Bertz CT molecular complexity index is 1880. The molecule has 3 unspecified atom stereocenters. The highest BCUT2D eigenvalue weighted by Crippen LogP contribution is 2.14. The van der Waals surface area contributed by atoms with Crippen molar-refractivity contribution >= 4 is 66.0 Å². The van der Waals surface area contributed by atoms with Gasteiger partial charge in [0.2, 0.25) is 41.4 Å². The van der Waals surface area contributed by atoms with Crippen molar-refractivity contribution < 1.29 is 48.1 Å². The third-order valence-corrected chi connectivity index (χ3v) is 13.6. The predicted octanol–water partition coefficient (Wildman–Crippen LogP) is 5.22. The number of carbonyl (C=O) groups excluding carboxylic acids is 7. The molecule has 0 heterocycles. The zero-order valence-electron chi connectivity index (χ0n) is 52.8. The van der Waals surface area contributed by atoms with E-state index in [0.29, 0.717) is 0 Å². The summed E-state index contributed by atoms with van der Waals surface area (Å²) in [7, 11) is 0. The smallest absolute Gasteiger partial charge is 0.248 e. The van der Waals surface area contributed by atoms with Crippen molar-refractivity contribution in [3.63, 3.8) is 0 Å². The van der Waals surface area contributed by atoms with Gasteiger partial charge in [-0.15, -0.1) is 0 Å². The maximum Gasteiger partial charge on any atom is 0.248 e. The van der Waals surface area contributed by atoms with Gasteiger partial charge in [0.1, 0.15) is 12.1 Å². The second kappa shape index (κ2) is 57.0. The molecular weight excluding hydrogens is 1090 g/mol. The van der Waals surface area contributed by atoms with E-state index in [4.69, 9.17) is 26.0 Å². The quantitative estimate of drug-likeness (QED) is 0.0161. The van der Waals surface area contributed by atoms with Gasteiger partial charge in [0, 0.05) is 70.8 Å². The Balaban J connectivity index is 5.16. The number of hydrogen-bond donors (Lipinski definition) is 12. The predicted molar refractivity (Wildman–Crippen MR) is 336 cm³/mol. The molecule has 0 aromatic rings. The molecule has 0 aromatic carbocycles. The van der Waals surface area contributed by atoms with E-state index in [-0.39, 0.29) is 103 Å². The average molecular weight is 1210 g/mol. The molecule has 0 aliphatic rings. The number of guanidine groups is 1. The standard InChI is InChI=1S/C59H114N16O10/c1-7-10-13-16-19-22-25-28-47(4)41-68-73-83-44-54(78)64-37-35-62-52(76)33-31-50(57(81)67-40-39-66-56(80)46-85-75-70-43-49(6)30-27-24-21-18-15-12-9-3)71-58(82)51(72-59(60)61)32-34-53(77)63-36-38-65-55(79)45-84-74-69-42-48(5)29-26-23-20-17-14-11-8-2/h41-43,47-51,73-75H,7-40,44-46H2,1-6H3,(H,62,76)(H,63,77)(H,64,78)(H,65,79)(H,66,80)(H,67,81)(H,71,82)(H4,60,61,72)/b68-41+,69-42+,70-43+/t47?,48?,49?,50-,51-/m0/s1. The minimum absolute atomic E-state index is 0.000774. The van der Waals surface area contributed by atoms with Gasteiger partial charge in [-0.1, -0.05) is 176 Å². The van der Waals surface area contributed by atoms with E-state index >= 15 is 0 Å². The molecular formula is C59H114N16O10. The fourth-order valence-corrected chi connectivity index (χ4v) is 8.53. The Kier molecular flexibility index (Phi) is 52.8. The van der Waals surface area contributed by atoms with Crippen LogP contribution in [0.1, 0.15) is 221 Å². The lowest BCUT2D eigenvalue weighted by atomic mass is 10.0. The fraction of sp³-hybridized carbons (Fsp3) is 0.814. The van der Waals surface area contributed by atoms with Crippen LogP contribution < -0.4 is 65.5 Å². The number of nitrogens with two attached hydrogens (primary N) is 2. The Labute approximate surface area is 508 Å². The molecule has 5 atom stereocenters. The number of carbonyl (C=O) groups is 7. The highest BCUT2D eigenvalue weighted by Gasteiger charge is 2.27. The number of rotatable bonds is 58. The minimum atomic E-state index is -1.31. The highest BCUT2D eigenvalue weighted by molar-refractivity contribution is 5.92. The lowest BCUT2D eigenvalue weighted by Gasteiger charge is -2.21. The summed E-state index contributed by atoms with van der Waals surface area (Å²) in [6.45, 7) is 12.1. The maximum absolute atomic E-state index is 13.7. The number of hydrazone groups is 3. The molecule has 0 radical (unpaired) electrons. The first-order valence-electron chi connectivity index (χ1n) is 31.8. The number of unbranched alkanes of at least 4 members (excludes halogenated alkanes) is 18. The molecule has 14 N–H and O–H groups in total. The van der Waals surface area contributed by atoms with Crippen molar-refractivity contribution in [1.29, 1.82) is 0 Å². The first-order chi connectivity index (χ1) is 41.1. The second-order valence-electron chi connectivity index (χ2n) is 21.9. The third-order valence-electron chi connectivity index (χ3n) is 13.6. The molecule has 0 fully saturated rings. The van der Waals surface area contributed by atoms with Crippen LogP contribution in [0.25, 0.3) is 0 Å². The van der Waals surface area contributed by atoms with Crippen LogP contribution in [0.3, 0.4) is 0 Å². The van der Waals surface area contributed by atoms with Crippen molar-refractivity contribution in [3.8, 4) is 0 Å². The van der Waals surface area contributed by atoms with E-state index in [1.54, 1.807) is 18.6 Å². The summed E-state index contributed by atoms with van der Waals surface area (Å²) in [5, 5.41) is 30.6. The summed E-state index contributed by atoms with van der Waals surface area (Å²) in [6.07, 6.45) is 33.4. The van der Waals surface area contributed by atoms with Crippen LogP contribution in [0.4, 0.5) is 0 Å². The summed E-state index contributed by atoms with van der Waals surface area (Å²) in [4.78, 5) is 109. The van der Waals surface area contributed by atoms with E-state index in [0.717, 1.165) is 38.5 Å². The third kappa shape index (κ3) is 53.1. The fourth-order valence-electron chi connectivity index (χ4n) is 8.53. The van der Waals surface area contributed by atoms with Gasteiger partial charge in [-0.25, -0.2) is 19.5 Å². The molecule has 0 saturated heterocycles. The van der Waals surface area contributed by atoms with E-state index < -0.39 is 59.4 Å². The summed E-state index contributed by atoms with van der Waals surface area (Å²) in [5.74, 6) is -3.46. The van der Waals surface area contributed by atoms with E-state index in [1.165, 1.54) is 116 Å². The zero-order valence-corrected chi connectivity index (χ0v) is 52.8. The van der Waals surface area contributed by atoms with Gasteiger partial charge in [0.05, 0.1) is 0 Å². The normalized spacial score (nSPS) is 13.1. The van der Waals surface area contributed by atoms with Gasteiger partial charge in [0.15, 0.2) is 25.8 Å². The summed E-state index contributed by atoms with van der Waals surface area (Å²) in [6, 6.07) is -2.59. The molecule has 7 amide bonds. The Morgan fingerprint density at radius 3 is 1.04 bits per heavy atom. The van der Waals surface area contributed by atoms with Crippen LogP contribution in [-0.2, 0) is 48.1 Å². The van der Waals surface area contributed by atoms with Crippen LogP contribution in [0.5, 0.6) is 0 Å². The first kappa shape index (κ1) is 78.8. The van der Waals surface area contributed by atoms with E-state index in [2.05, 4.69) is 116 Å². The number of nitrogens with zero attached hydrogens (tertiary/aromatic N) is 4. The summed E-state index contributed by atoms with van der Waals surface area (Å²) < 4.78 is 0. The monoisotopic (exact) mass is 1210 g/mol. The Morgan fingerprint density at radius 2 is 0.694 bits per heavy atom. The van der Waals surface area contributed by atoms with Crippen LogP contribution >= 0.6 is 0 Å². The molecule has 26 heteroatoms. The van der Waals surface area contributed by atoms with E-state index in [1.807, 2.05) is 0 Å². The van der Waals surface area contributed by atoms with Gasteiger partial charge in [0.25, 0.3) is 0 Å². The van der Waals surface area contributed by atoms with Gasteiger partial charge < -0.3 is 48.7 Å². The molecule has 0 aliphatic heterocycles. The van der Waals surface area contributed by atoms with Crippen molar-refractivity contribution in [2.75, 3.05) is 59.1 Å². The molecule has 0 aromatic heterocycles. The van der Waals surface area contributed by atoms with Crippen LogP contribution in [-0.4, -0.2) is 137 Å². The zero-order chi connectivity index (χ0) is 62.8. The van der Waals surface area contributed by atoms with Crippen molar-refractivity contribution in [2.24, 2.45) is 49.5 Å². The lowest BCUT2D eigenvalue weighted by Crippen LogP contribution is -2.51. The average Bonchev–Trinajstić information content (AvgIpc) is 3.63. The molecule has 0 rings (SSSR count). The molecule has 0 bridgehead atoms. The maximum atomic E-state index is 13.7. The van der Waals surface area contributed by atoms with Crippen LogP contribution in [0.2, 0.25) is 0 Å². The van der Waals surface area contributed by atoms with Gasteiger partial charge in [-0.2, -0.15) is 32.1 Å². The van der Waals surface area contributed by atoms with E-state index in [9.17, 15) is 33.6 Å².